The third-order valence-electron chi connectivity index (χ3n) is 2.32. The topological polar surface area (TPSA) is 47.3 Å². The molecule has 1 aromatic carbocycles. The molecule has 0 atom stereocenters. The molecule has 0 radical (unpaired) electrons. The van der Waals surface area contributed by atoms with Crippen molar-refractivity contribution in [3.8, 4) is 0 Å². The van der Waals surface area contributed by atoms with E-state index in [-0.39, 0.29) is 23.2 Å². The van der Waals surface area contributed by atoms with Gasteiger partial charge in [0.05, 0.1) is 11.4 Å². The van der Waals surface area contributed by atoms with Gasteiger partial charge in [-0.2, -0.15) is 0 Å². The van der Waals surface area contributed by atoms with Crippen LogP contribution in [-0.2, 0) is 0 Å². The van der Waals surface area contributed by atoms with Crippen LogP contribution in [0.3, 0.4) is 0 Å². The summed E-state index contributed by atoms with van der Waals surface area (Å²) in [5.41, 5.74) is 0.926. The Bertz CT molecular complexity index is 569. The first-order valence-electron chi connectivity index (χ1n) is 4.76. The number of rotatable bonds is 3. The molecule has 4 heteroatoms. The van der Waals surface area contributed by atoms with Crippen LogP contribution < -0.4 is 0 Å². The molecule has 0 unspecified atom stereocenters. The van der Waals surface area contributed by atoms with Crippen molar-refractivity contribution in [1.29, 1.82) is 0 Å². The lowest BCUT2D eigenvalue weighted by Gasteiger charge is -1.95. The van der Waals surface area contributed by atoms with E-state index in [1.54, 1.807) is 24.3 Å². The molecule has 0 fully saturated rings. The highest BCUT2D eigenvalue weighted by molar-refractivity contribution is 6.30. The lowest BCUT2D eigenvalue weighted by atomic mass is 10.1. The Labute approximate surface area is 97.0 Å². The lowest BCUT2D eigenvalue weighted by Crippen LogP contribution is -1.97. The first-order valence-corrected chi connectivity index (χ1v) is 5.29. The second-order valence-corrected chi connectivity index (χ2v) is 3.71. The minimum atomic E-state index is -0.285. The Hall–Kier alpha value is -1.61. The summed E-state index contributed by atoms with van der Waals surface area (Å²) in [5.74, 6) is -0.314. The third kappa shape index (κ3) is 1.74. The van der Waals surface area contributed by atoms with E-state index in [0.29, 0.717) is 11.1 Å². The van der Waals surface area contributed by atoms with Crippen molar-refractivity contribution in [2.24, 2.45) is 0 Å². The Morgan fingerprint density at radius 3 is 2.75 bits per heavy atom. The highest BCUT2D eigenvalue weighted by Crippen LogP contribution is 2.24. The Balaban J connectivity index is 2.65. The first-order chi connectivity index (χ1) is 7.63. The van der Waals surface area contributed by atoms with Gasteiger partial charge in [-0.1, -0.05) is 12.1 Å². The van der Waals surface area contributed by atoms with Gasteiger partial charge in [-0.05, 0) is 19.1 Å². The molecule has 1 heterocycles. The van der Waals surface area contributed by atoms with E-state index in [2.05, 4.69) is 0 Å². The first kappa shape index (κ1) is 10.9. The van der Waals surface area contributed by atoms with Crippen LogP contribution in [0.4, 0.5) is 0 Å². The van der Waals surface area contributed by atoms with Gasteiger partial charge >= 0.3 is 0 Å². The molecule has 0 spiro atoms. The van der Waals surface area contributed by atoms with Crippen molar-refractivity contribution in [3.05, 3.63) is 35.6 Å². The maximum absolute atomic E-state index is 11.4. The van der Waals surface area contributed by atoms with Gasteiger partial charge < -0.3 is 4.42 Å². The summed E-state index contributed by atoms with van der Waals surface area (Å²) in [6.45, 7) is 1.46. The zero-order chi connectivity index (χ0) is 11.7. The average molecular weight is 237 g/mol. The number of para-hydroxylation sites is 1. The number of furan rings is 1. The predicted octanol–water partition coefficient (Wildman–Crippen LogP) is 3.06. The van der Waals surface area contributed by atoms with Gasteiger partial charge in [0.1, 0.15) is 5.58 Å². The van der Waals surface area contributed by atoms with Crippen molar-refractivity contribution >= 4 is 34.1 Å². The van der Waals surface area contributed by atoms with Gasteiger partial charge in [-0.15, -0.1) is 11.6 Å². The van der Waals surface area contributed by atoms with Gasteiger partial charge in [0.15, 0.2) is 11.5 Å². The molecule has 3 nitrogen and oxygen atoms in total. The minimum absolute atomic E-state index is 0.0928. The highest BCUT2D eigenvalue weighted by atomic mass is 35.5. The summed E-state index contributed by atoms with van der Waals surface area (Å²) in [4.78, 5) is 22.7. The quantitative estimate of drug-likeness (QED) is 0.608. The molecule has 0 bridgehead atoms. The zero-order valence-corrected chi connectivity index (χ0v) is 9.38. The van der Waals surface area contributed by atoms with E-state index in [9.17, 15) is 9.59 Å². The normalized spacial score (nSPS) is 10.6. The molecular formula is C12H9ClO3. The zero-order valence-electron chi connectivity index (χ0n) is 8.62. The largest absolute Gasteiger partial charge is 0.452 e. The fourth-order valence-electron chi connectivity index (χ4n) is 1.54. The molecule has 0 saturated heterocycles. The Morgan fingerprint density at radius 1 is 1.38 bits per heavy atom. The maximum Gasteiger partial charge on any atom is 0.212 e. The highest BCUT2D eigenvalue weighted by Gasteiger charge is 2.14. The number of hydrogen-bond donors (Lipinski definition) is 0. The van der Waals surface area contributed by atoms with Crippen LogP contribution in [0.25, 0.3) is 11.0 Å². The summed E-state index contributed by atoms with van der Waals surface area (Å²) in [5, 5.41) is 0.737. The monoisotopic (exact) mass is 236 g/mol. The molecule has 1 aromatic heterocycles. The standard InChI is InChI=1S/C12H9ClO3/c1-7(14)9-4-2-3-8-5-11(10(15)6-13)16-12(8)9/h2-5H,6H2,1H3. The van der Waals surface area contributed by atoms with E-state index in [0.717, 1.165) is 5.39 Å². The molecule has 0 aliphatic rings. The molecule has 0 aliphatic carbocycles. The summed E-state index contributed by atoms with van der Waals surface area (Å²) in [6, 6.07) is 6.81. The van der Waals surface area contributed by atoms with Crippen LogP contribution in [0.2, 0.25) is 0 Å². The fraction of sp³-hybridized carbons (Fsp3) is 0.167. The summed E-state index contributed by atoms with van der Waals surface area (Å²) < 4.78 is 5.36. The van der Waals surface area contributed by atoms with Crippen LogP contribution in [0.15, 0.2) is 28.7 Å². The van der Waals surface area contributed by atoms with Gasteiger partial charge in [0.25, 0.3) is 0 Å². The molecule has 82 valence electrons. The molecule has 0 aliphatic heterocycles. The Morgan fingerprint density at radius 2 is 2.12 bits per heavy atom. The molecule has 0 saturated carbocycles. The number of halogens is 1. The van der Waals surface area contributed by atoms with E-state index in [4.69, 9.17) is 16.0 Å². The number of hydrogen-bond acceptors (Lipinski definition) is 3. The number of alkyl halides is 1. The summed E-state index contributed by atoms with van der Waals surface area (Å²) in [6.07, 6.45) is 0. The fourth-order valence-corrected chi connectivity index (χ4v) is 1.68. The molecule has 0 N–H and O–H groups in total. The van der Waals surface area contributed by atoms with E-state index in [1.807, 2.05) is 0 Å². The molecule has 2 aromatic rings. The van der Waals surface area contributed by atoms with Crippen molar-refractivity contribution in [2.75, 3.05) is 5.88 Å². The van der Waals surface area contributed by atoms with Crippen LogP contribution in [0.5, 0.6) is 0 Å². The predicted molar refractivity (Wildman–Crippen MR) is 61.3 cm³/mol. The second-order valence-electron chi connectivity index (χ2n) is 3.45. The van der Waals surface area contributed by atoms with Crippen LogP contribution in [-0.4, -0.2) is 17.4 Å². The number of carbonyl (C=O) groups excluding carboxylic acids is 2. The smallest absolute Gasteiger partial charge is 0.212 e. The maximum atomic E-state index is 11.4. The Kier molecular flexibility index (Phi) is 2.79. The van der Waals surface area contributed by atoms with Gasteiger partial charge in [0.2, 0.25) is 5.78 Å². The molecule has 16 heavy (non-hydrogen) atoms. The van der Waals surface area contributed by atoms with E-state index in [1.165, 1.54) is 6.92 Å². The van der Waals surface area contributed by atoms with Crippen LogP contribution >= 0.6 is 11.6 Å². The van der Waals surface area contributed by atoms with Gasteiger partial charge in [0, 0.05) is 5.39 Å². The number of fused-ring (bicyclic) bond motifs is 1. The van der Waals surface area contributed by atoms with Gasteiger partial charge in [-0.3, -0.25) is 9.59 Å². The van der Waals surface area contributed by atoms with Crippen molar-refractivity contribution < 1.29 is 14.0 Å². The SMILES string of the molecule is CC(=O)c1cccc2cc(C(=O)CCl)oc12. The van der Waals surface area contributed by atoms with Crippen LogP contribution in [0, 0.1) is 0 Å². The minimum Gasteiger partial charge on any atom is -0.452 e. The summed E-state index contributed by atoms with van der Waals surface area (Å²) in [7, 11) is 0. The van der Waals surface area contributed by atoms with Crippen molar-refractivity contribution in [2.45, 2.75) is 6.92 Å². The van der Waals surface area contributed by atoms with Gasteiger partial charge in [-0.25, -0.2) is 0 Å². The lowest BCUT2D eigenvalue weighted by molar-refractivity contribution is 0.0986. The summed E-state index contributed by atoms with van der Waals surface area (Å²) >= 11 is 5.44. The third-order valence-corrected chi connectivity index (χ3v) is 2.56. The molecule has 2 rings (SSSR count). The molecular weight excluding hydrogens is 228 g/mol. The molecule has 0 amide bonds. The number of Topliss-reactive ketones (excluding diaryl/α,β-unsaturated/α-hetero) is 2. The van der Waals surface area contributed by atoms with Crippen molar-refractivity contribution in [1.82, 2.24) is 0 Å². The number of carbonyl (C=O) groups is 2. The van der Waals surface area contributed by atoms with E-state index < -0.39 is 0 Å². The second kappa shape index (κ2) is 4.10. The number of ketones is 2. The van der Waals surface area contributed by atoms with Crippen molar-refractivity contribution in [3.63, 3.8) is 0 Å². The number of benzene rings is 1. The average Bonchev–Trinajstić information content (AvgIpc) is 2.70. The van der Waals surface area contributed by atoms with E-state index >= 15 is 0 Å². The van der Waals surface area contributed by atoms with Crippen LogP contribution in [0.1, 0.15) is 27.8 Å².